The van der Waals surface area contributed by atoms with E-state index < -0.39 is 23.3 Å². The zero-order chi connectivity index (χ0) is 19.4. The highest BCUT2D eigenvalue weighted by molar-refractivity contribution is 6.29. The highest BCUT2D eigenvalue weighted by atomic mass is 35.5. The third-order valence-corrected chi connectivity index (χ3v) is 5.12. The van der Waals surface area contributed by atoms with Gasteiger partial charge in [0.2, 0.25) is 0 Å². The lowest BCUT2D eigenvalue weighted by Crippen LogP contribution is -2.61. The second-order valence-electron chi connectivity index (χ2n) is 6.49. The van der Waals surface area contributed by atoms with Crippen molar-refractivity contribution in [2.45, 2.75) is 30.7 Å². The van der Waals surface area contributed by atoms with Crippen molar-refractivity contribution < 1.29 is 19.1 Å². The number of methoxy groups -OCH3 is 1. The Morgan fingerprint density at radius 1 is 1.22 bits per heavy atom. The molecule has 2 aromatic rings. The van der Waals surface area contributed by atoms with Crippen molar-refractivity contribution in [3.63, 3.8) is 0 Å². The maximum absolute atomic E-state index is 12.8. The number of benzene rings is 1. The SMILES string of the molecule is COC(=O)[C@@]1(NC(=O)c2ccccc2)CCC(=O)C[C@@H]1c1ccc(Cl)nc1. The average molecular weight is 387 g/mol. The van der Waals surface area contributed by atoms with Crippen LogP contribution >= 0.6 is 11.6 Å². The summed E-state index contributed by atoms with van der Waals surface area (Å²) >= 11 is 5.87. The number of halogens is 1. The molecule has 0 spiro atoms. The number of hydrogen-bond acceptors (Lipinski definition) is 5. The second-order valence-corrected chi connectivity index (χ2v) is 6.88. The van der Waals surface area contributed by atoms with Crippen molar-refractivity contribution in [1.29, 1.82) is 0 Å². The van der Waals surface area contributed by atoms with Crippen LogP contribution in [0.15, 0.2) is 48.7 Å². The van der Waals surface area contributed by atoms with Gasteiger partial charge in [0.25, 0.3) is 5.91 Å². The molecule has 1 amide bonds. The minimum atomic E-state index is -1.36. The first kappa shape index (κ1) is 19.0. The molecule has 0 saturated heterocycles. The summed E-state index contributed by atoms with van der Waals surface area (Å²) in [7, 11) is 1.27. The third kappa shape index (κ3) is 3.85. The van der Waals surface area contributed by atoms with Crippen LogP contribution < -0.4 is 5.32 Å². The van der Waals surface area contributed by atoms with Crippen molar-refractivity contribution >= 4 is 29.3 Å². The van der Waals surface area contributed by atoms with Crippen LogP contribution in [0.25, 0.3) is 0 Å². The Balaban J connectivity index is 2.03. The number of rotatable bonds is 4. The molecule has 27 heavy (non-hydrogen) atoms. The summed E-state index contributed by atoms with van der Waals surface area (Å²) in [4.78, 5) is 41.8. The van der Waals surface area contributed by atoms with Gasteiger partial charge in [0.15, 0.2) is 0 Å². The van der Waals surface area contributed by atoms with Gasteiger partial charge in [-0.05, 0) is 30.2 Å². The van der Waals surface area contributed by atoms with Gasteiger partial charge < -0.3 is 10.1 Å². The minimum absolute atomic E-state index is 0.0171. The van der Waals surface area contributed by atoms with Crippen LogP contribution in [-0.4, -0.2) is 35.3 Å². The molecule has 6 nitrogen and oxygen atoms in total. The Bertz CT molecular complexity index is 854. The molecule has 3 rings (SSSR count). The van der Waals surface area contributed by atoms with Crippen LogP contribution in [0.4, 0.5) is 0 Å². The molecule has 1 aliphatic rings. The lowest BCUT2D eigenvalue weighted by Gasteiger charge is -2.41. The molecular formula is C20H19ClN2O4. The molecule has 1 aliphatic carbocycles. The summed E-state index contributed by atoms with van der Waals surface area (Å²) in [5, 5.41) is 3.16. The summed E-state index contributed by atoms with van der Waals surface area (Å²) in [5.74, 6) is -1.56. The van der Waals surface area contributed by atoms with Gasteiger partial charge in [0.05, 0.1) is 7.11 Å². The first-order valence-electron chi connectivity index (χ1n) is 8.55. The standard InChI is InChI=1S/C20H19ClN2O4/c1-27-19(26)20(23-18(25)13-5-3-2-4-6-13)10-9-15(24)11-16(20)14-7-8-17(21)22-12-14/h2-8,12,16H,9-11H2,1H3,(H,23,25)/t16-,20-/m1/s1. The van der Waals surface area contributed by atoms with E-state index >= 15 is 0 Å². The minimum Gasteiger partial charge on any atom is -0.467 e. The maximum Gasteiger partial charge on any atom is 0.332 e. The lowest BCUT2D eigenvalue weighted by atomic mass is 9.69. The second kappa shape index (κ2) is 7.88. The summed E-state index contributed by atoms with van der Waals surface area (Å²) in [6, 6.07) is 11.9. The number of aromatic nitrogens is 1. The Labute approximate surface area is 161 Å². The summed E-state index contributed by atoms with van der Waals surface area (Å²) in [6.07, 6.45) is 1.97. The molecule has 0 radical (unpaired) electrons. The largest absolute Gasteiger partial charge is 0.467 e. The van der Waals surface area contributed by atoms with Gasteiger partial charge in [0.1, 0.15) is 16.5 Å². The van der Waals surface area contributed by atoms with Crippen LogP contribution in [0.5, 0.6) is 0 Å². The zero-order valence-electron chi connectivity index (χ0n) is 14.8. The Morgan fingerprint density at radius 3 is 2.59 bits per heavy atom. The fourth-order valence-corrected chi connectivity index (χ4v) is 3.61. The van der Waals surface area contributed by atoms with E-state index in [1.165, 1.54) is 13.3 Å². The van der Waals surface area contributed by atoms with E-state index in [1.807, 2.05) is 0 Å². The van der Waals surface area contributed by atoms with Gasteiger partial charge in [-0.3, -0.25) is 9.59 Å². The fourth-order valence-electron chi connectivity index (χ4n) is 3.50. The fraction of sp³-hybridized carbons (Fsp3) is 0.300. The van der Waals surface area contributed by atoms with Crippen molar-refractivity contribution in [2.75, 3.05) is 7.11 Å². The highest BCUT2D eigenvalue weighted by Gasteiger charge is 2.52. The summed E-state index contributed by atoms with van der Waals surface area (Å²) in [6.45, 7) is 0. The van der Waals surface area contributed by atoms with Crippen LogP contribution in [0.1, 0.15) is 41.1 Å². The van der Waals surface area contributed by atoms with Crippen LogP contribution in [0.2, 0.25) is 5.15 Å². The number of carbonyl (C=O) groups excluding carboxylic acids is 3. The van der Waals surface area contributed by atoms with Gasteiger partial charge in [-0.1, -0.05) is 35.9 Å². The van der Waals surface area contributed by atoms with E-state index in [0.717, 1.165) is 0 Å². The molecule has 7 heteroatoms. The van der Waals surface area contributed by atoms with E-state index in [9.17, 15) is 14.4 Å². The van der Waals surface area contributed by atoms with Crippen LogP contribution in [-0.2, 0) is 14.3 Å². The number of amides is 1. The number of pyridine rings is 1. The highest BCUT2D eigenvalue weighted by Crippen LogP contribution is 2.41. The Morgan fingerprint density at radius 2 is 1.96 bits per heavy atom. The van der Waals surface area contributed by atoms with Crippen molar-refractivity contribution in [3.05, 3.63) is 64.9 Å². The lowest BCUT2D eigenvalue weighted by molar-refractivity contribution is -0.151. The number of Topliss-reactive ketones (excluding diaryl/α,β-unsaturated/α-hetero) is 1. The normalized spacial score (nSPS) is 22.1. The topological polar surface area (TPSA) is 85.4 Å². The van der Waals surface area contributed by atoms with Gasteiger partial charge >= 0.3 is 5.97 Å². The van der Waals surface area contributed by atoms with Gasteiger partial charge in [0, 0.05) is 30.5 Å². The van der Waals surface area contributed by atoms with Gasteiger partial charge in [-0.15, -0.1) is 0 Å². The zero-order valence-corrected chi connectivity index (χ0v) is 15.5. The van der Waals surface area contributed by atoms with E-state index in [2.05, 4.69) is 10.3 Å². The molecule has 0 unspecified atom stereocenters. The maximum atomic E-state index is 12.8. The molecule has 1 fully saturated rings. The van der Waals surface area contributed by atoms with E-state index in [4.69, 9.17) is 16.3 Å². The Kier molecular flexibility index (Phi) is 5.56. The van der Waals surface area contributed by atoms with Crippen LogP contribution in [0.3, 0.4) is 0 Å². The third-order valence-electron chi connectivity index (χ3n) is 4.90. The summed E-state index contributed by atoms with van der Waals surface area (Å²) in [5.41, 5.74) is -0.290. The van der Waals surface area contributed by atoms with Crippen molar-refractivity contribution in [1.82, 2.24) is 10.3 Å². The number of ether oxygens (including phenoxy) is 1. The molecule has 1 N–H and O–H groups in total. The molecule has 0 aliphatic heterocycles. The molecule has 0 bridgehead atoms. The molecule has 1 aromatic heterocycles. The summed E-state index contributed by atoms with van der Waals surface area (Å²) < 4.78 is 5.03. The monoisotopic (exact) mass is 386 g/mol. The Hall–Kier alpha value is -2.73. The van der Waals surface area contributed by atoms with E-state index in [-0.39, 0.29) is 25.0 Å². The molecule has 1 heterocycles. The quantitative estimate of drug-likeness (QED) is 0.645. The van der Waals surface area contributed by atoms with E-state index in [1.54, 1.807) is 42.5 Å². The molecule has 1 aromatic carbocycles. The smallest absolute Gasteiger partial charge is 0.332 e. The molecule has 2 atom stereocenters. The predicted molar refractivity (Wildman–Crippen MR) is 99.5 cm³/mol. The van der Waals surface area contributed by atoms with Crippen LogP contribution in [0, 0.1) is 0 Å². The van der Waals surface area contributed by atoms with Gasteiger partial charge in [-0.25, -0.2) is 9.78 Å². The molecule has 140 valence electrons. The molecular weight excluding hydrogens is 368 g/mol. The average Bonchev–Trinajstić information content (AvgIpc) is 2.70. The van der Waals surface area contributed by atoms with Crippen molar-refractivity contribution in [2.24, 2.45) is 0 Å². The number of ketones is 1. The number of carbonyl (C=O) groups is 3. The number of nitrogens with one attached hydrogen (secondary N) is 1. The number of nitrogens with zero attached hydrogens (tertiary/aromatic N) is 1. The number of esters is 1. The van der Waals surface area contributed by atoms with Gasteiger partial charge in [-0.2, -0.15) is 0 Å². The van der Waals surface area contributed by atoms with E-state index in [0.29, 0.717) is 16.3 Å². The van der Waals surface area contributed by atoms with Crippen molar-refractivity contribution in [3.8, 4) is 0 Å². The first-order valence-corrected chi connectivity index (χ1v) is 8.93. The molecule has 1 saturated carbocycles. The first-order chi connectivity index (χ1) is 13.0. The number of hydrogen-bond donors (Lipinski definition) is 1. The predicted octanol–water partition coefficient (Wildman–Crippen LogP) is 2.91.